The quantitative estimate of drug-likeness (QED) is 0.697. The van der Waals surface area contributed by atoms with Crippen molar-refractivity contribution in [2.24, 2.45) is 7.05 Å². The number of carboxylic acid groups (broad SMARTS) is 1. The molecule has 2 N–H and O–H groups in total. The predicted octanol–water partition coefficient (Wildman–Crippen LogP) is 2.11. The van der Waals surface area contributed by atoms with Gasteiger partial charge in [-0.25, -0.2) is 14.8 Å². The van der Waals surface area contributed by atoms with E-state index >= 15 is 0 Å². The molecule has 2 atom stereocenters. The lowest BCUT2D eigenvalue weighted by Gasteiger charge is -2.38. The molecule has 4 heterocycles. The van der Waals surface area contributed by atoms with E-state index in [4.69, 9.17) is 14.6 Å². The van der Waals surface area contributed by atoms with Crippen molar-refractivity contribution < 1.29 is 32.6 Å². The molecule has 0 unspecified atom stereocenters. The summed E-state index contributed by atoms with van der Waals surface area (Å²) in [6.45, 7) is 2.07. The van der Waals surface area contributed by atoms with Crippen molar-refractivity contribution in [2.75, 3.05) is 25.0 Å². The van der Waals surface area contributed by atoms with Gasteiger partial charge in [0.15, 0.2) is 0 Å². The smallest absolute Gasteiger partial charge is 0.475 e. The summed E-state index contributed by atoms with van der Waals surface area (Å²) in [6.07, 6.45) is 5.87. The number of rotatable bonds is 4. The number of aliphatic carboxylic acids is 1. The van der Waals surface area contributed by atoms with Gasteiger partial charge in [-0.2, -0.15) is 18.3 Å². The Balaban J connectivity index is 0.000000383. The van der Waals surface area contributed by atoms with Gasteiger partial charge in [0.25, 0.3) is 5.91 Å². The first-order valence-corrected chi connectivity index (χ1v) is 10.3. The van der Waals surface area contributed by atoms with Crippen LogP contribution in [0.5, 0.6) is 0 Å². The third kappa shape index (κ3) is 6.63. The van der Waals surface area contributed by atoms with Crippen LogP contribution in [-0.4, -0.2) is 79.1 Å². The second-order valence-corrected chi connectivity index (χ2v) is 7.95. The summed E-state index contributed by atoms with van der Waals surface area (Å²) in [5.74, 6) is -2.10. The Morgan fingerprint density at radius 3 is 2.61 bits per heavy atom. The van der Waals surface area contributed by atoms with Crippen molar-refractivity contribution in [3.8, 4) is 0 Å². The summed E-state index contributed by atoms with van der Waals surface area (Å²) >= 11 is 0. The highest BCUT2D eigenvalue weighted by molar-refractivity contribution is 5.94. The lowest BCUT2D eigenvalue weighted by Crippen LogP contribution is -2.45. The van der Waals surface area contributed by atoms with Crippen molar-refractivity contribution in [1.82, 2.24) is 24.6 Å². The van der Waals surface area contributed by atoms with Crippen LogP contribution < -0.4 is 5.32 Å². The number of hydrogen-bond donors (Lipinski definition) is 2. The molecule has 2 aromatic rings. The van der Waals surface area contributed by atoms with E-state index in [1.165, 1.54) is 0 Å². The minimum Gasteiger partial charge on any atom is -0.475 e. The molecule has 0 radical (unpaired) electrons. The summed E-state index contributed by atoms with van der Waals surface area (Å²) in [4.78, 5) is 31.8. The fourth-order valence-corrected chi connectivity index (χ4v) is 3.90. The van der Waals surface area contributed by atoms with Crippen LogP contribution in [0.15, 0.2) is 30.9 Å². The summed E-state index contributed by atoms with van der Waals surface area (Å²) in [6, 6.07) is 1.80. The third-order valence-electron chi connectivity index (χ3n) is 5.43. The van der Waals surface area contributed by atoms with E-state index in [0.29, 0.717) is 24.6 Å². The average Bonchev–Trinajstić information content (AvgIpc) is 3.39. The first kappa shape index (κ1) is 24.4. The highest BCUT2D eigenvalue weighted by atomic mass is 19.4. The minimum atomic E-state index is -5.08. The SMILES string of the molecule is Cn1cc(C(=O)N2CC[C@]3(CCC[C@H](CNc4ncccn4)O3)C2)cn1.O=C(O)C(F)(F)F. The van der Waals surface area contributed by atoms with E-state index in [2.05, 4.69) is 20.4 Å². The molecule has 1 amide bonds. The van der Waals surface area contributed by atoms with Crippen LogP contribution in [0.1, 0.15) is 36.0 Å². The number of aryl methyl sites for hydroxylation is 1. The number of amides is 1. The van der Waals surface area contributed by atoms with Crippen molar-refractivity contribution in [1.29, 1.82) is 0 Å². The van der Waals surface area contributed by atoms with E-state index in [9.17, 15) is 18.0 Å². The largest absolute Gasteiger partial charge is 0.490 e. The van der Waals surface area contributed by atoms with Crippen LogP contribution in [-0.2, 0) is 16.6 Å². The average molecular weight is 470 g/mol. The molecule has 2 aliphatic heterocycles. The third-order valence-corrected chi connectivity index (χ3v) is 5.43. The van der Waals surface area contributed by atoms with E-state index < -0.39 is 12.1 Å². The number of carboxylic acids is 1. The number of likely N-dealkylation sites (tertiary alicyclic amines) is 1. The Morgan fingerprint density at radius 1 is 1.30 bits per heavy atom. The Hall–Kier alpha value is -3.22. The van der Waals surface area contributed by atoms with Gasteiger partial charge >= 0.3 is 12.1 Å². The summed E-state index contributed by atoms with van der Waals surface area (Å²) in [5, 5.41) is 14.5. The standard InChI is InChI=1S/C18H24N6O2.C2HF3O2/c1-23-12-14(10-22-23)16(25)24-9-6-18(13-24)5-2-4-15(26-18)11-21-17-19-7-3-8-20-17;3-2(4,5)1(6)7/h3,7-8,10,12,15H,2,4-6,9,11,13H2,1H3,(H,19,20,21);(H,6,7)/t15-,18-;/m1./s1. The topological polar surface area (TPSA) is 122 Å². The van der Waals surface area contributed by atoms with Gasteiger partial charge in [0.1, 0.15) is 0 Å². The van der Waals surface area contributed by atoms with Gasteiger partial charge in [-0.1, -0.05) is 0 Å². The van der Waals surface area contributed by atoms with Gasteiger partial charge in [0, 0.05) is 38.7 Å². The highest BCUT2D eigenvalue weighted by Crippen LogP contribution is 2.37. The van der Waals surface area contributed by atoms with Gasteiger partial charge in [0.05, 0.1) is 30.0 Å². The van der Waals surface area contributed by atoms with E-state index in [0.717, 1.165) is 32.2 Å². The number of aromatic nitrogens is 4. The number of alkyl halides is 3. The zero-order chi connectivity index (χ0) is 24.1. The number of ether oxygens (including phenoxy) is 1. The van der Waals surface area contributed by atoms with Gasteiger partial charge in [-0.3, -0.25) is 9.48 Å². The number of hydrogen-bond acceptors (Lipinski definition) is 7. The fourth-order valence-electron chi connectivity index (χ4n) is 3.90. The van der Waals surface area contributed by atoms with Crippen molar-refractivity contribution in [2.45, 2.75) is 43.6 Å². The Morgan fingerprint density at radius 2 is 2.00 bits per heavy atom. The summed E-state index contributed by atoms with van der Waals surface area (Å²) < 4.78 is 39.8. The van der Waals surface area contributed by atoms with Crippen LogP contribution in [0.4, 0.5) is 19.1 Å². The molecule has 0 saturated carbocycles. The number of halogens is 3. The molecule has 4 rings (SSSR count). The van der Waals surface area contributed by atoms with Crippen LogP contribution in [0, 0.1) is 0 Å². The molecule has 2 aliphatic rings. The highest BCUT2D eigenvalue weighted by Gasteiger charge is 2.44. The molecular weight excluding hydrogens is 445 g/mol. The van der Waals surface area contributed by atoms with Crippen LogP contribution in [0.3, 0.4) is 0 Å². The Labute approximate surface area is 187 Å². The second-order valence-electron chi connectivity index (χ2n) is 7.95. The minimum absolute atomic E-state index is 0.0384. The summed E-state index contributed by atoms with van der Waals surface area (Å²) in [7, 11) is 1.82. The molecule has 0 bridgehead atoms. The fraction of sp³-hybridized carbons (Fsp3) is 0.550. The number of anilines is 1. The monoisotopic (exact) mass is 470 g/mol. The second kappa shape index (κ2) is 10.1. The van der Waals surface area contributed by atoms with Crippen molar-refractivity contribution in [3.05, 3.63) is 36.4 Å². The summed E-state index contributed by atoms with van der Waals surface area (Å²) in [5.41, 5.74) is 0.416. The Bertz CT molecular complexity index is 955. The lowest BCUT2D eigenvalue weighted by atomic mass is 9.90. The number of nitrogens with one attached hydrogen (secondary N) is 1. The zero-order valence-corrected chi connectivity index (χ0v) is 18.0. The van der Waals surface area contributed by atoms with Crippen molar-refractivity contribution >= 4 is 17.8 Å². The molecule has 180 valence electrons. The zero-order valence-electron chi connectivity index (χ0n) is 18.0. The van der Waals surface area contributed by atoms with Crippen LogP contribution in [0.25, 0.3) is 0 Å². The lowest BCUT2D eigenvalue weighted by molar-refractivity contribution is -0.192. The maximum atomic E-state index is 12.7. The molecular formula is C20H25F3N6O4. The first-order valence-electron chi connectivity index (χ1n) is 10.3. The van der Waals surface area contributed by atoms with Crippen molar-refractivity contribution in [3.63, 3.8) is 0 Å². The molecule has 10 nitrogen and oxygen atoms in total. The van der Waals surface area contributed by atoms with E-state index in [1.54, 1.807) is 35.5 Å². The van der Waals surface area contributed by atoms with Gasteiger partial charge in [-0.05, 0) is 31.7 Å². The van der Waals surface area contributed by atoms with E-state index in [1.807, 2.05) is 11.9 Å². The maximum Gasteiger partial charge on any atom is 0.490 e. The first-order chi connectivity index (χ1) is 15.6. The number of carbonyl (C=O) groups excluding carboxylic acids is 1. The Kier molecular flexibility index (Phi) is 7.51. The van der Waals surface area contributed by atoms with Gasteiger partial charge in [0.2, 0.25) is 5.95 Å². The molecule has 33 heavy (non-hydrogen) atoms. The molecule has 0 aliphatic carbocycles. The van der Waals surface area contributed by atoms with Crippen LogP contribution in [0.2, 0.25) is 0 Å². The molecule has 13 heteroatoms. The predicted molar refractivity (Wildman–Crippen MR) is 109 cm³/mol. The molecule has 0 aromatic carbocycles. The molecule has 1 spiro atoms. The molecule has 2 aromatic heterocycles. The molecule has 2 saturated heterocycles. The van der Waals surface area contributed by atoms with Crippen LogP contribution >= 0.6 is 0 Å². The normalized spacial score (nSPS) is 22.5. The van der Waals surface area contributed by atoms with Gasteiger partial charge in [-0.15, -0.1) is 0 Å². The maximum absolute atomic E-state index is 12.7. The van der Waals surface area contributed by atoms with E-state index in [-0.39, 0.29) is 17.6 Å². The molecule has 2 fully saturated rings. The van der Waals surface area contributed by atoms with Gasteiger partial charge < -0.3 is 20.1 Å². The number of nitrogens with zero attached hydrogens (tertiary/aromatic N) is 5. The number of carbonyl (C=O) groups is 2.